The molecule has 0 saturated carbocycles. The summed E-state index contributed by atoms with van der Waals surface area (Å²) in [6.07, 6.45) is 1.54. The van der Waals surface area contributed by atoms with Crippen molar-refractivity contribution in [2.75, 3.05) is 39.3 Å². The average Bonchev–Trinajstić information content (AvgIpc) is 2.66. The van der Waals surface area contributed by atoms with Crippen LogP contribution in [0.3, 0.4) is 0 Å². The van der Waals surface area contributed by atoms with Gasteiger partial charge in [0.2, 0.25) is 0 Å². The molecule has 1 aliphatic heterocycles. The fourth-order valence-corrected chi connectivity index (χ4v) is 3.04. The van der Waals surface area contributed by atoms with Gasteiger partial charge in [0.25, 0.3) is 5.91 Å². The summed E-state index contributed by atoms with van der Waals surface area (Å²) in [5.74, 6) is -1.87. The minimum absolute atomic E-state index is 0.208. The molecule has 1 saturated heterocycles. The predicted molar refractivity (Wildman–Crippen MR) is 104 cm³/mol. The minimum Gasteiger partial charge on any atom is -0.335 e. The van der Waals surface area contributed by atoms with Gasteiger partial charge in [-0.1, -0.05) is 28.6 Å². The second kappa shape index (κ2) is 9.45. The molecule has 144 valence electrons. The lowest BCUT2D eigenvalue weighted by molar-refractivity contribution is -0.152. The van der Waals surface area contributed by atoms with Gasteiger partial charge in [-0.3, -0.25) is 14.4 Å². The molecule has 0 bridgehead atoms. The topological polar surface area (TPSA) is 60.9 Å². The Kier molecular flexibility index (Phi) is 7.29. The average molecular weight is 438 g/mol. The van der Waals surface area contributed by atoms with Gasteiger partial charge in [0.15, 0.2) is 0 Å². The maximum absolute atomic E-state index is 13.0. The first-order chi connectivity index (χ1) is 12.8. The zero-order chi connectivity index (χ0) is 20.0. The Labute approximate surface area is 166 Å². The number of amides is 3. The molecule has 8 heteroatoms. The first-order valence-electron chi connectivity index (χ1n) is 8.40. The molecule has 0 aliphatic carbocycles. The zero-order valence-electron chi connectivity index (χ0n) is 14.9. The minimum atomic E-state index is -0.631. The first kappa shape index (κ1) is 20.8. The van der Waals surface area contributed by atoms with Gasteiger partial charge in [-0.15, -0.1) is 6.58 Å². The van der Waals surface area contributed by atoms with Gasteiger partial charge in [0, 0.05) is 42.8 Å². The third kappa shape index (κ3) is 5.50. The van der Waals surface area contributed by atoms with Crippen molar-refractivity contribution >= 4 is 33.7 Å². The summed E-state index contributed by atoms with van der Waals surface area (Å²) >= 11 is 3.19. The molecule has 1 fully saturated rings. The Morgan fingerprint density at radius 2 is 1.67 bits per heavy atom. The molecule has 3 amide bonds. The number of benzene rings is 1. The van der Waals surface area contributed by atoms with Crippen LogP contribution in [0.1, 0.15) is 10.4 Å². The van der Waals surface area contributed by atoms with Gasteiger partial charge in [-0.25, -0.2) is 4.39 Å². The fourth-order valence-electron chi connectivity index (χ4n) is 2.74. The molecule has 0 aromatic heterocycles. The lowest BCUT2D eigenvalue weighted by atomic mass is 10.1. The Hall–Kier alpha value is -2.48. The van der Waals surface area contributed by atoms with Crippen LogP contribution < -0.4 is 0 Å². The van der Waals surface area contributed by atoms with Gasteiger partial charge >= 0.3 is 11.8 Å². The van der Waals surface area contributed by atoms with Crippen LogP contribution in [0.5, 0.6) is 0 Å². The number of piperazine rings is 1. The van der Waals surface area contributed by atoms with Crippen molar-refractivity contribution in [3.05, 3.63) is 59.4 Å². The maximum Gasteiger partial charge on any atom is 0.312 e. The van der Waals surface area contributed by atoms with Crippen molar-refractivity contribution in [2.45, 2.75) is 0 Å². The van der Waals surface area contributed by atoms with Gasteiger partial charge in [0.05, 0.1) is 6.54 Å². The molecule has 1 heterocycles. The van der Waals surface area contributed by atoms with Crippen LogP contribution in [-0.2, 0) is 9.59 Å². The van der Waals surface area contributed by atoms with Crippen LogP contribution in [0.15, 0.2) is 48.0 Å². The molecule has 0 radical (unpaired) electrons. The second-order valence-corrected chi connectivity index (χ2v) is 7.20. The van der Waals surface area contributed by atoms with E-state index in [0.717, 1.165) is 0 Å². The molecule has 1 aliphatic rings. The molecule has 0 atom stereocenters. The van der Waals surface area contributed by atoms with Crippen LogP contribution in [-0.4, -0.2) is 71.7 Å². The van der Waals surface area contributed by atoms with Crippen molar-refractivity contribution in [3.63, 3.8) is 0 Å². The van der Waals surface area contributed by atoms with Crippen molar-refractivity contribution < 1.29 is 18.8 Å². The van der Waals surface area contributed by atoms with E-state index >= 15 is 0 Å². The highest BCUT2D eigenvalue weighted by molar-refractivity contribution is 9.11. The van der Waals surface area contributed by atoms with E-state index in [4.69, 9.17) is 0 Å². The molecular weight excluding hydrogens is 417 g/mol. The lowest BCUT2D eigenvalue weighted by Crippen LogP contribution is -2.54. The quantitative estimate of drug-likeness (QED) is 0.522. The van der Waals surface area contributed by atoms with Crippen molar-refractivity contribution in [1.29, 1.82) is 0 Å². The van der Waals surface area contributed by atoms with E-state index in [-0.39, 0.29) is 32.1 Å². The van der Waals surface area contributed by atoms with E-state index in [9.17, 15) is 18.8 Å². The van der Waals surface area contributed by atoms with Crippen molar-refractivity contribution in [2.24, 2.45) is 0 Å². The van der Waals surface area contributed by atoms with Gasteiger partial charge in [-0.2, -0.15) is 0 Å². The van der Waals surface area contributed by atoms with Crippen LogP contribution in [0.4, 0.5) is 4.39 Å². The molecule has 0 spiro atoms. The summed E-state index contributed by atoms with van der Waals surface area (Å²) < 4.78 is 13.6. The Morgan fingerprint density at radius 3 is 2.19 bits per heavy atom. The summed E-state index contributed by atoms with van der Waals surface area (Å²) in [7, 11) is 0. The molecular formula is C19H21BrFN3O3. The highest BCUT2D eigenvalue weighted by atomic mass is 79.9. The smallest absolute Gasteiger partial charge is 0.312 e. The summed E-state index contributed by atoms with van der Waals surface area (Å²) in [6.45, 7) is 8.86. The lowest BCUT2D eigenvalue weighted by Gasteiger charge is -2.35. The molecule has 2 rings (SSSR count). The second-order valence-electron chi connectivity index (χ2n) is 6.08. The Morgan fingerprint density at radius 1 is 1.11 bits per heavy atom. The van der Waals surface area contributed by atoms with Crippen LogP contribution in [0.25, 0.3) is 0 Å². The van der Waals surface area contributed by atoms with E-state index in [1.807, 2.05) is 0 Å². The standard InChI is InChI=1S/C19H21BrFN3O3/c1-3-8-24(13-14(2)20)19(27)18(26)23-11-9-22(10-12-23)17(25)15-4-6-16(21)7-5-15/h3-7H,1-2,8-13H2. The summed E-state index contributed by atoms with van der Waals surface area (Å²) in [4.78, 5) is 41.7. The number of halogens is 2. The number of hydrogen-bond acceptors (Lipinski definition) is 3. The summed E-state index contributed by atoms with van der Waals surface area (Å²) in [5.41, 5.74) is 0.389. The van der Waals surface area contributed by atoms with Crippen LogP contribution in [0, 0.1) is 5.82 Å². The van der Waals surface area contributed by atoms with E-state index in [1.54, 1.807) is 11.0 Å². The molecule has 0 unspecified atom stereocenters. The Bertz CT molecular complexity index is 743. The molecule has 1 aromatic carbocycles. The van der Waals surface area contributed by atoms with Gasteiger partial charge in [0.1, 0.15) is 5.82 Å². The third-order valence-electron chi connectivity index (χ3n) is 4.13. The highest BCUT2D eigenvalue weighted by Gasteiger charge is 2.30. The number of nitrogens with zero attached hydrogens (tertiary/aromatic N) is 3. The highest BCUT2D eigenvalue weighted by Crippen LogP contribution is 2.12. The van der Waals surface area contributed by atoms with Gasteiger partial charge < -0.3 is 14.7 Å². The van der Waals surface area contributed by atoms with E-state index in [2.05, 4.69) is 29.1 Å². The number of rotatable bonds is 5. The maximum atomic E-state index is 13.0. The van der Waals surface area contributed by atoms with Crippen molar-refractivity contribution in [1.82, 2.24) is 14.7 Å². The summed E-state index contributed by atoms with van der Waals surface area (Å²) in [5, 5.41) is 0. The molecule has 27 heavy (non-hydrogen) atoms. The van der Waals surface area contributed by atoms with E-state index in [0.29, 0.717) is 23.1 Å². The first-order valence-corrected chi connectivity index (χ1v) is 9.20. The summed E-state index contributed by atoms with van der Waals surface area (Å²) in [6, 6.07) is 5.33. The molecule has 1 aromatic rings. The number of carbonyl (C=O) groups excluding carboxylic acids is 3. The molecule has 0 N–H and O–H groups in total. The van der Waals surface area contributed by atoms with E-state index in [1.165, 1.54) is 34.1 Å². The normalized spacial score (nSPS) is 13.9. The SMILES string of the molecule is C=CCN(CC(=C)Br)C(=O)C(=O)N1CCN(C(=O)c2ccc(F)cc2)CC1. The molecule has 6 nitrogen and oxygen atoms in total. The van der Waals surface area contributed by atoms with Crippen LogP contribution in [0.2, 0.25) is 0 Å². The van der Waals surface area contributed by atoms with Crippen molar-refractivity contribution in [3.8, 4) is 0 Å². The number of hydrogen-bond donors (Lipinski definition) is 0. The van der Waals surface area contributed by atoms with Gasteiger partial charge in [-0.05, 0) is 24.3 Å². The Balaban J connectivity index is 1.95. The fraction of sp³-hybridized carbons (Fsp3) is 0.316. The monoisotopic (exact) mass is 437 g/mol. The van der Waals surface area contributed by atoms with Crippen LogP contribution >= 0.6 is 15.9 Å². The number of carbonyl (C=O) groups is 3. The largest absolute Gasteiger partial charge is 0.335 e. The zero-order valence-corrected chi connectivity index (χ0v) is 16.5. The predicted octanol–water partition coefficient (Wildman–Crippen LogP) is 2.03. The third-order valence-corrected chi connectivity index (χ3v) is 4.38. The van der Waals surface area contributed by atoms with E-state index < -0.39 is 17.6 Å².